The number of benzene rings is 1. The van der Waals surface area contributed by atoms with Crippen LogP contribution >= 0.6 is 0 Å². The van der Waals surface area contributed by atoms with Crippen molar-refractivity contribution in [1.29, 1.82) is 0 Å². The average Bonchev–Trinajstić information content (AvgIpc) is 3.31. The van der Waals surface area contributed by atoms with Crippen LogP contribution < -0.4 is 5.32 Å². The Kier molecular flexibility index (Phi) is 5.06. The Hall–Kier alpha value is -3.09. The maximum absolute atomic E-state index is 12.3. The Labute approximate surface area is 150 Å². The number of rotatable bonds is 5. The minimum absolute atomic E-state index is 0.00917. The summed E-state index contributed by atoms with van der Waals surface area (Å²) in [5.41, 5.74) is 1.06. The molecule has 3 rings (SSSR count). The summed E-state index contributed by atoms with van der Waals surface area (Å²) in [5, 5.41) is 11.8. The van der Waals surface area contributed by atoms with Crippen molar-refractivity contribution < 1.29 is 23.9 Å². The quantitative estimate of drug-likeness (QED) is 0.858. The lowest BCUT2D eigenvalue weighted by Gasteiger charge is -2.15. The first-order chi connectivity index (χ1) is 12.5. The Morgan fingerprint density at radius 2 is 1.81 bits per heavy atom. The average molecular weight is 356 g/mol. The van der Waals surface area contributed by atoms with Crippen LogP contribution in [0.15, 0.2) is 34.7 Å². The van der Waals surface area contributed by atoms with Crippen molar-refractivity contribution in [2.45, 2.75) is 26.2 Å². The first-order valence-electron chi connectivity index (χ1n) is 8.56. The smallest absolute Gasteiger partial charge is 0.339 e. The van der Waals surface area contributed by atoms with Gasteiger partial charge in [0.05, 0.1) is 0 Å². The summed E-state index contributed by atoms with van der Waals surface area (Å²) in [4.78, 5) is 37.6. The number of carbonyl (C=O) groups excluding carboxylic acids is 2. The molecule has 1 aromatic heterocycles. The number of hydrogen-bond donors (Lipinski definition) is 2. The number of carbonyl (C=O) groups is 3. The topological polar surface area (TPSA) is 99.9 Å². The molecule has 0 unspecified atom stereocenters. The van der Waals surface area contributed by atoms with Gasteiger partial charge in [0.15, 0.2) is 5.76 Å². The van der Waals surface area contributed by atoms with Crippen LogP contribution in [-0.4, -0.2) is 40.9 Å². The van der Waals surface area contributed by atoms with Gasteiger partial charge in [0, 0.05) is 36.8 Å². The summed E-state index contributed by atoms with van der Waals surface area (Å²) in [6.07, 6.45) is 2.43. The van der Waals surface area contributed by atoms with Crippen LogP contribution in [0.25, 0.3) is 0 Å². The van der Waals surface area contributed by atoms with Gasteiger partial charge in [0.2, 0.25) is 0 Å². The molecule has 0 radical (unpaired) electrons. The molecule has 0 bridgehead atoms. The van der Waals surface area contributed by atoms with Gasteiger partial charge < -0.3 is 19.7 Å². The third-order valence-electron chi connectivity index (χ3n) is 4.37. The highest BCUT2D eigenvalue weighted by Gasteiger charge is 2.21. The van der Waals surface area contributed by atoms with Crippen molar-refractivity contribution in [1.82, 2.24) is 4.90 Å². The monoisotopic (exact) mass is 356 g/mol. The lowest BCUT2D eigenvalue weighted by atomic mass is 10.1. The number of carboxylic acids is 1. The fourth-order valence-electron chi connectivity index (χ4n) is 2.98. The van der Waals surface area contributed by atoms with Gasteiger partial charge in [-0.2, -0.15) is 0 Å². The zero-order valence-electron chi connectivity index (χ0n) is 14.4. The number of amides is 2. The molecular weight excluding hydrogens is 336 g/mol. The van der Waals surface area contributed by atoms with E-state index in [-0.39, 0.29) is 23.0 Å². The van der Waals surface area contributed by atoms with Gasteiger partial charge in [0.1, 0.15) is 11.3 Å². The lowest BCUT2D eigenvalue weighted by molar-refractivity contribution is 0.0693. The molecular formula is C19H20N2O5. The van der Waals surface area contributed by atoms with Gasteiger partial charge in [-0.15, -0.1) is 0 Å². The van der Waals surface area contributed by atoms with Gasteiger partial charge in [0.25, 0.3) is 11.8 Å². The van der Waals surface area contributed by atoms with Crippen LogP contribution in [0.1, 0.15) is 56.8 Å². The molecule has 7 nitrogen and oxygen atoms in total. The molecule has 136 valence electrons. The number of anilines is 1. The van der Waals surface area contributed by atoms with E-state index in [4.69, 9.17) is 9.52 Å². The summed E-state index contributed by atoms with van der Waals surface area (Å²) in [7, 11) is 0. The molecule has 2 amide bonds. The molecule has 0 saturated carbocycles. The van der Waals surface area contributed by atoms with Crippen LogP contribution in [-0.2, 0) is 6.42 Å². The molecule has 0 spiro atoms. The van der Waals surface area contributed by atoms with Gasteiger partial charge in [-0.05, 0) is 37.1 Å². The summed E-state index contributed by atoms with van der Waals surface area (Å²) in [6.45, 7) is 3.31. The molecule has 1 aromatic carbocycles. The van der Waals surface area contributed by atoms with E-state index >= 15 is 0 Å². The van der Waals surface area contributed by atoms with Crippen LogP contribution in [0.5, 0.6) is 0 Å². The van der Waals surface area contributed by atoms with E-state index in [1.165, 1.54) is 6.07 Å². The van der Waals surface area contributed by atoms with Gasteiger partial charge >= 0.3 is 5.97 Å². The minimum atomic E-state index is -1.13. The fourth-order valence-corrected chi connectivity index (χ4v) is 2.98. The Morgan fingerprint density at radius 1 is 1.15 bits per heavy atom. The Morgan fingerprint density at radius 3 is 2.35 bits per heavy atom. The summed E-state index contributed by atoms with van der Waals surface area (Å²) >= 11 is 0. The number of carboxylic acid groups (broad SMARTS) is 1. The first-order valence-corrected chi connectivity index (χ1v) is 8.56. The van der Waals surface area contributed by atoms with Gasteiger partial charge in [-0.3, -0.25) is 9.59 Å². The summed E-state index contributed by atoms with van der Waals surface area (Å²) < 4.78 is 5.34. The number of hydrogen-bond acceptors (Lipinski definition) is 4. The van der Waals surface area contributed by atoms with E-state index < -0.39 is 11.9 Å². The molecule has 0 atom stereocenters. The second kappa shape index (κ2) is 7.43. The number of furan rings is 1. The third-order valence-corrected chi connectivity index (χ3v) is 4.37. The second-order valence-electron chi connectivity index (χ2n) is 6.14. The van der Waals surface area contributed by atoms with Crippen LogP contribution in [0.4, 0.5) is 5.69 Å². The molecule has 26 heavy (non-hydrogen) atoms. The largest absolute Gasteiger partial charge is 0.478 e. The molecule has 2 N–H and O–H groups in total. The Bertz CT molecular complexity index is 832. The highest BCUT2D eigenvalue weighted by Crippen LogP contribution is 2.19. The van der Waals surface area contributed by atoms with Crippen molar-refractivity contribution >= 4 is 23.5 Å². The number of aryl methyl sites for hydroxylation is 1. The number of aromatic carboxylic acids is 1. The van der Waals surface area contributed by atoms with E-state index in [1.807, 2.05) is 4.90 Å². The first kappa shape index (κ1) is 17.7. The van der Waals surface area contributed by atoms with E-state index in [1.54, 1.807) is 31.2 Å². The van der Waals surface area contributed by atoms with Crippen LogP contribution in [0.2, 0.25) is 0 Å². The highest BCUT2D eigenvalue weighted by molar-refractivity contribution is 6.04. The summed E-state index contributed by atoms with van der Waals surface area (Å²) in [6, 6.07) is 7.84. The molecule has 1 aliphatic rings. The van der Waals surface area contributed by atoms with Crippen LogP contribution in [0, 0.1) is 0 Å². The fraction of sp³-hybridized carbons (Fsp3) is 0.316. The van der Waals surface area contributed by atoms with E-state index in [2.05, 4.69) is 5.32 Å². The highest BCUT2D eigenvalue weighted by atomic mass is 16.4. The molecule has 0 aliphatic carbocycles. The predicted octanol–water partition coefficient (Wildman–Crippen LogP) is 3.03. The van der Waals surface area contributed by atoms with Crippen molar-refractivity contribution in [3.05, 3.63) is 53.0 Å². The van der Waals surface area contributed by atoms with Crippen molar-refractivity contribution in [2.24, 2.45) is 0 Å². The lowest BCUT2D eigenvalue weighted by Crippen LogP contribution is -2.27. The van der Waals surface area contributed by atoms with E-state index in [0.717, 1.165) is 25.9 Å². The number of nitrogens with one attached hydrogen (secondary N) is 1. The molecule has 2 heterocycles. The standard InChI is InChI=1S/C19H20N2O5/c1-2-15-14(19(24)25)11-16(26-15)17(22)20-13-7-5-12(6-8-13)18(23)21-9-3-4-10-21/h5-8,11H,2-4,9-10H2,1H3,(H,20,22)(H,24,25). The minimum Gasteiger partial charge on any atom is -0.478 e. The molecule has 1 fully saturated rings. The predicted molar refractivity (Wildman–Crippen MR) is 94.6 cm³/mol. The maximum Gasteiger partial charge on any atom is 0.339 e. The maximum atomic E-state index is 12.3. The van der Waals surface area contributed by atoms with Crippen molar-refractivity contribution in [2.75, 3.05) is 18.4 Å². The van der Waals surface area contributed by atoms with Crippen molar-refractivity contribution in [3.63, 3.8) is 0 Å². The zero-order chi connectivity index (χ0) is 18.7. The third kappa shape index (κ3) is 3.61. The zero-order valence-corrected chi connectivity index (χ0v) is 14.4. The molecule has 7 heteroatoms. The van der Waals surface area contributed by atoms with Crippen LogP contribution in [0.3, 0.4) is 0 Å². The normalized spacial score (nSPS) is 13.7. The van der Waals surface area contributed by atoms with E-state index in [0.29, 0.717) is 17.7 Å². The van der Waals surface area contributed by atoms with Gasteiger partial charge in [-0.1, -0.05) is 6.92 Å². The number of likely N-dealkylation sites (tertiary alicyclic amines) is 1. The van der Waals surface area contributed by atoms with Gasteiger partial charge in [-0.25, -0.2) is 4.79 Å². The second-order valence-corrected chi connectivity index (χ2v) is 6.14. The molecule has 1 aliphatic heterocycles. The SMILES string of the molecule is CCc1oc(C(=O)Nc2ccc(C(=O)N3CCCC3)cc2)cc1C(=O)O. The Balaban J connectivity index is 1.70. The van der Waals surface area contributed by atoms with E-state index in [9.17, 15) is 14.4 Å². The summed E-state index contributed by atoms with van der Waals surface area (Å²) in [5.74, 6) is -1.48. The molecule has 2 aromatic rings. The van der Waals surface area contributed by atoms with Crippen molar-refractivity contribution in [3.8, 4) is 0 Å². The molecule has 1 saturated heterocycles. The number of nitrogens with zero attached hydrogens (tertiary/aromatic N) is 1.